The average molecular weight is 355 g/mol. The maximum Gasteiger partial charge on any atom is 0.0589 e. The van der Waals surface area contributed by atoms with Gasteiger partial charge in [0.05, 0.1) is 9.52 Å². The Hall–Kier alpha value is 0.0138. The van der Waals surface area contributed by atoms with E-state index in [4.69, 9.17) is 0 Å². The number of nitrogens with zero attached hydrogens (tertiary/aromatic N) is 4. The van der Waals surface area contributed by atoms with E-state index in [-0.39, 0.29) is 19.0 Å². The zero-order chi connectivity index (χ0) is 16.7. The Labute approximate surface area is 148 Å². The lowest BCUT2D eigenvalue weighted by atomic mass is 10.3. The molecule has 0 unspecified atom stereocenters. The van der Waals surface area contributed by atoms with E-state index in [9.17, 15) is 0 Å². The predicted octanol–water partition coefficient (Wildman–Crippen LogP) is -0.137. The predicted molar refractivity (Wildman–Crippen MR) is 108 cm³/mol. The zero-order valence-electron chi connectivity index (χ0n) is 15.9. The third-order valence-corrected chi connectivity index (χ3v) is 10.9. The molecule has 0 aromatic rings. The first-order chi connectivity index (χ1) is 11.1. The summed E-state index contributed by atoms with van der Waals surface area (Å²) in [6, 6.07) is 3.09. The molecule has 0 aliphatic carbocycles. The molecule has 23 heavy (non-hydrogen) atoms. The number of hydrogen-bond donors (Lipinski definition) is 0. The van der Waals surface area contributed by atoms with Crippen molar-refractivity contribution in [1.29, 1.82) is 0 Å². The molecule has 6 heteroatoms. The lowest BCUT2D eigenvalue weighted by molar-refractivity contribution is 0.0312. The van der Waals surface area contributed by atoms with Crippen LogP contribution in [0.2, 0.25) is 12.1 Å². The molecule has 0 amide bonds. The Morgan fingerprint density at radius 1 is 0.826 bits per heavy atom. The molecule has 134 valence electrons. The molecule has 2 rings (SSSR count). The van der Waals surface area contributed by atoms with Crippen LogP contribution in [-0.2, 0) is 0 Å². The molecule has 2 aliphatic rings. The summed E-state index contributed by atoms with van der Waals surface area (Å²) in [5, 5.41) is 0. The van der Waals surface area contributed by atoms with Crippen molar-refractivity contribution in [2.45, 2.75) is 31.7 Å². The highest BCUT2D eigenvalue weighted by Crippen LogP contribution is 2.13. The normalized spacial score (nSPS) is 23.7. The molecule has 2 saturated heterocycles. The average Bonchev–Trinajstić information content (AvgIpc) is 2.53. The van der Waals surface area contributed by atoms with Crippen LogP contribution in [-0.4, -0.2) is 111 Å². The van der Waals surface area contributed by atoms with Crippen molar-refractivity contribution >= 4 is 19.0 Å². The monoisotopic (exact) mass is 354 g/mol. The zero-order valence-corrected chi connectivity index (χ0v) is 18.8. The van der Waals surface area contributed by atoms with Gasteiger partial charge in [0.15, 0.2) is 0 Å². The number of allylic oxidation sites excluding steroid dienone is 1. The topological polar surface area (TPSA) is 13.0 Å². The van der Waals surface area contributed by atoms with Gasteiger partial charge >= 0.3 is 0 Å². The standard InChI is InChI=1S/C17H38N4Si2/c1-16(2)15-22-13-14-23-17(20-9-5-18(3)6-10-20)21-11-7-19(4)8-12-21/h15,17H,5-14,22-23H2,1-4H3. The van der Waals surface area contributed by atoms with Crippen molar-refractivity contribution in [1.82, 2.24) is 19.6 Å². The largest absolute Gasteiger partial charge is 0.304 e. The Bertz CT molecular complexity index is 336. The second-order valence-corrected chi connectivity index (χ2v) is 11.4. The van der Waals surface area contributed by atoms with Crippen LogP contribution in [0.25, 0.3) is 0 Å². The van der Waals surface area contributed by atoms with Crippen LogP contribution >= 0.6 is 0 Å². The first-order valence-electron chi connectivity index (χ1n) is 9.55. The van der Waals surface area contributed by atoms with Crippen molar-refractivity contribution < 1.29 is 0 Å². The summed E-state index contributed by atoms with van der Waals surface area (Å²) in [5.74, 6) is 0.832. The van der Waals surface area contributed by atoms with Gasteiger partial charge in [0.25, 0.3) is 0 Å². The summed E-state index contributed by atoms with van der Waals surface area (Å²) >= 11 is 0. The van der Waals surface area contributed by atoms with Gasteiger partial charge in [-0.15, -0.1) is 5.70 Å². The van der Waals surface area contributed by atoms with Crippen LogP contribution < -0.4 is 0 Å². The van der Waals surface area contributed by atoms with Gasteiger partial charge in [-0.2, -0.15) is 0 Å². The second-order valence-electron chi connectivity index (χ2n) is 7.73. The molecule has 2 heterocycles. The molecule has 0 aromatic heterocycles. The molecular formula is C17H38N4Si2. The van der Waals surface area contributed by atoms with Gasteiger partial charge in [0, 0.05) is 67.7 Å². The van der Waals surface area contributed by atoms with E-state index in [1.165, 1.54) is 64.0 Å². The summed E-state index contributed by atoms with van der Waals surface area (Å²) < 4.78 is 0. The fraction of sp³-hybridized carbons (Fsp3) is 0.882. The number of rotatable bonds is 7. The van der Waals surface area contributed by atoms with Gasteiger partial charge in [-0.1, -0.05) is 17.7 Å². The Balaban J connectivity index is 1.84. The molecule has 2 fully saturated rings. The summed E-state index contributed by atoms with van der Waals surface area (Å²) in [6.45, 7) is 14.7. The van der Waals surface area contributed by atoms with E-state index >= 15 is 0 Å². The van der Waals surface area contributed by atoms with Gasteiger partial charge in [-0.3, -0.25) is 9.80 Å². The van der Waals surface area contributed by atoms with Gasteiger partial charge < -0.3 is 9.80 Å². The minimum Gasteiger partial charge on any atom is -0.304 e. The molecule has 0 aromatic carbocycles. The fourth-order valence-corrected chi connectivity index (χ4v) is 8.61. The van der Waals surface area contributed by atoms with E-state index in [2.05, 4.69) is 53.2 Å². The van der Waals surface area contributed by atoms with Gasteiger partial charge in [0.1, 0.15) is 0 Å². The van der Waals surface area contributed by atoms with Crippen LogP contribution in [0.15, 0.2) is 11.3 Å². The number of likely N-dealkylation sites (N-methyl/N-ethyl adjacent to an activating group) is 2. The molecule has 0 radical (unpaired) electrons. The van der Waals surface area contributed by atoms with Crippen LogP contribution in [0.4, 0.5) is 0 Å². The number of piperazine rings is 2. The van der Waals surface area contributed by atoms with E-state index in [0.29, 0.717) is 0 Å². The molecular weight excluding hydrogens is 316 g/mol. The van der Waals surface area contributed by atoms with E-state index < -0.39 is 0 Å². The summed E-state index contributed by atoms with van der Waals surface area (Å²) in [4.78, 5) is 10.6. The SMILES string of the molecule is CC(C)=C[SiH2]CC[SiH2]C(N1CCN(C)CC1)N1CCN(C)CC1. The molecule has 0 N–H and O–H groups in total. The third-order valence-electron chi connectivity index (χ3n) is 5.39. The maximum atomic E-state index is 2.83. The van der Waals surface area contributed by atoms with Gasteiger partial charge in [-0.05, 0) is 27.9 Å². The van der Waals surface area contributed by atoms with E-state index in [1.807, 2.05) is 0 Å². The molecule has 0 spiro atoms. The van der Waals surface area contributed by atoms with Crippen molar-refractivity contribution in [3.8, 4) is 0 Å². The quantitative estimate of drug-likeness (QED) is 0.466. The lowest BCUT2D eigenvalue weighted by Crippen LogP contribution is -2.61. The Morgan fingerprint density at radius 2 is 1.30 bits per heavy atom. The first kappa shape index (κ1) is 19.3. The van der Waals surface area contributed by atoms with Crippen LogP contribution in [0, 0.1) is 0 Å². The van der Waals surface area contributed by atoms with Crippen LogP contribution in [0.1, 0.15) is 13.8 Å². The maximum absolute atomic E-state index is 2.83. The highest BCUT2D eigenvalue weighted by Gasteiger charge is 2.29. The van der Waals surface area contributed by atoms with E-state index in [1.54, 1.807) is 6.04 Å². The summed E-state index contributed by atoms with van der Waals surface area (Å²) in [6.07, 6.45) is 0. The lowest BCUT2D eigenvalue weighted by Gasteiger charge is -2.46. The molecule has 0 atom stereocenters. The minimum absolute atomic E-state index is 0.0228. The smallest absolute Gasteiger partial charge is 0.0589 e. The highest BCUT2D eigenvalue weighted by atomic mass is 28.2. The minimum atomic E-state index is -0.0228. The first-order valence-corrected chi connectivity index (χ1v) is 13.2. The van der Waals surface area contributed by atoms with Crippen molar-refractivity contribution in [2.75, 3.05) is 66.5 Å². The van der Waals surface area contributed by atoms with Gasteiger partial charge in [0.2, 0.25) is 0 Å². The molecule has 0 saturated carbocycles. The van der Waals surface area contributed by atoms with Crippen LogP contribution in [0.3, 0.4) is 0 Å². The van der Waals surface area contributed by atoms with E-state index in [0.717, 1.165) is 5.79 Å². The van der Waals surface area contributed by atoms with Crippen molar-refractivity contribution in [2.24, 2.45) is 0 Å². The van der Waals surface area contributed by atoms with Crippen LogP contribution in [0.5, 0.6) is 0 Å². The molecule has 0 bridgehead atoms. The van der Waals surface area contributed by atoms with Crippen molar-refractivity contribution in [3.05, 3.63) is 11.3 Å². The summed E-state index contributed by atoms with van der Waals surface area (Å²) in [7, 11) is 4.58. The second kappa shape index (κ2) is 10.1. The Kier molecular flexibility index (Phi) is 8.50. The summed E-state index contributed by atoms with van der Waals surface area (Å²) in [5.41, 5.74) is 4.09. The third kappa shape index (κ3) is 6.80. The number of hydrogen-bond acceptors (Lipinski definition) is 4. The highest BCUT2D eigenvalue weighted by molar-refractivity contribution is 6.46. The molecule has 2 aliphatic heterocycles. The van der Waals surface area contributed by atoms with Gasteiger partial charge in [-0.25, -0.2) is 0 Å². The van der Waals surface area contributed by atoms with Crippen molar-refractivity contribution in [3.63, 3.8) is 0 Å². The Morgan fingerprint density at radius 3 is 1.74 bits per heavy atom. The molecule has 4 nitrogen and oxygen atoms in total. The fourth-order valence-electron chi connectivity index (χ4n) is 3.70.